The Hall–Kier alpha value is -4.15. The number of aryl methyl sites for hydroxylation is 1. The first kappa shape index (κ1) is 21.4. The van der Waals surface area contributed by atoms with E-state index in [9.17, 15) is 0 Å². The van der Waals surface area contributed by atoms with Crippen LogP contribution in [-0.2, 0) is 6.54 Å². The van der Waals surface area contributed by atoms with Gasteiger partial charge in [-0.25, -0.2) is 0 Å². The quantitative estimate of drug-likeness (QED) is 0.240. The van der Waals surface area contributed by atoms with Crippen LogP contribution in [0.2, 0.25) is 0 Å². The van der Waals surface area contributed by atoms with Crippen molar-refractivity contribution in [3.8, 4) is 0 Å². The molecule has 4 aromatic carbocycles. The molecule has 0 bridgehead atoms. The van der Waals surface area contributed by atoms with Crippen molar-refractivity contribution >= 4 is 50.4 Å². The molecule has 0 N–H and O–H groups in total. The van der Waals surface area contributed by atoms with Crippen molar-refractivity contribution in [2.45, 2.75) is 13.5 Å². The number of hydrogen-bond donors (Lipinski definition) is 0. The number of nitrogens with zero attached hydrogens (tertiary/aromatic N) is 3. The summed E-state index contributed by atoms with van der Waals surface area (Å²) < 4.78 is 3.69. The molecule has 5 aromatic rings. The number of aromatic nitrogens is 1. The minimum atomic E-state index is 0.942. The molecule has 4 heteroatoms. The summed E-state index contributed by atoms with van der Waals surface area (Å²) in [6, 6.07) is 38.4. The first-order valence-corrected chi connectivity index (χ1v) is 12.8. The highest BCUT2D eigenvalue weighted by atomic mass is 32.1. The average Bonchev–Trinajstić information content (AvgIpc) is 3.44. The normalized spacial score (nSPS) is 13.1. The molecule has 3 nitrogen and oxygen atoms in total. The second kappa shape index (κ2) is 9.24. The van der Waals surface area contributed by atoms with Gasteiger partial charge in [0.2, 0.25) is 5.52 Å². The van der Waals surface area contributed by atoms with Gasteiger partial charge >= 0.3 is 0 Å². The Balaban J connectivity index is 1.49. The lowest BCUT2D eigenvalue weighted by Crippen LogP contribution is -2.33. The van der Waals surface area contributed by atoms with Gasteiger partial charge in [-0.1, -0.05) is 78.1 Å². The Labute approximate surface area is 210 Å². The van der Waals surface area contributed by atoms with Crippen LogP contribution in [-0.4, -0.2) is 0 Å². The van der Waals surface area contributed by atoms with E-state index >= 15 is 0 Å². The van der Waals surface area contributed by atoms with Gasteiger partial charge in [-0.05, 0) is 55.5 Å². The molecule has 0 spiro atoms. The Morgan fingerprint density at radius 3 is 1.83 bits per heavy atom. The van der Waals surface area contributed by atoms with E-state index in [4.69, 9.17) is 0 Å². The van der Waals surface area contributed by atoms with Gasteiger partial charge in [0, 0.05) is 23.5 Å². The molecule has 6 rings (SSSR count). The van der Waals surface area contributed by atoms with Crippen LogP contribution in [0.5, 0.6) is 0 Å². The summed E-state index contributed by atoms with van der Waals surface area (Å²) in [5.74, 6) is 1.10. The fraction of sp³-hybridized carbons (Fsp3) is 0.0645. The summed E-state index contributed by atoms with van der Waals surface area (Å²) in [6.45, 7) is 3.15. The lowest BCUT2D eigenvalue weighted by Gasteiger charge is -2.25. The second-order valence-electron chi connectivity index (χ2n) is 8.37. The zero-order valence-corrected chi connectivity index (χ0v) is 20.4. The van der Waals surface area contributed by atoms with Crippen molar-refractivity contribution in [3.63, 3.8) is 0 Å². The van der Waals surface area contributed by atoms with E-state index in [0.29, 0.717) is 0 Å². The van der Waals surface area contributed by atoms with Crippen LogP contribution in [0.1, 0.15) is 11.9 Å². The molecule has 0 saturated carbocycles. The number of rotatable bonds is 5. The van der Waals surface area contributed by atoms with Crippen molar-refractivity contribution in [2.75, 3.05) is 9.80 Å². The summed E-state index contributed by atoms with van der Waals surface area (Å²) in [5, 5.41) is 1.25. The third kappa shape index (κ3) is 3.82. The predicted molar refractivity (Wildman–Crippen MR) is 148 cm³/mol. The third-order valence-corrected chi connectivity index (χ3v) is 7.42. The highest BCUT2D eigenvalue weighted by Crippen LogP contribution is 2.49. The van der Waals surface area contributed by atoms with Crippen molar-refractivity contribution in [1.82, 2.24) is 0 Å². The summed E-state index contributed by atoms with van der Waals surface area (Å²) in [6.07, 6.45) is 6.64. The molecule has 0 aliphatic carbocycles. The van der Waals surface area contributed by atoms with Gasteiger partial charge in [-0.3, -0.25) is 9.80 Å². The van der Waals surface area contributed by atoms with E-state index in [1.807, 2.05) is 11.3 Å². The third-order valence-electron chi connectivity index (χ3n) is 6.29. The lowest BCUT2D eigenvalue weighted by molar-refractivity contribution is -0.665. The Morgan fingerprint density at radius 2 is 1.23 bits per heavy atom. The number of fused-ring (bicyclic) bond motifs is 2. The van der Waals surface area contributed by atoms with Crippen LogP contribution in [0.15, 0.2) is 127 Å². The van der Waals surface area contributed by atoms with Gasteiger partial charge in [-0.15, -0.1) is 0 Å². The van der Waals surface area contributed by atoms with Crippen LogP contribution in [0.4, 0.5) is 22.7 Å². The van der Waals surface area contributed by atoms with Gasteiger partial charge in [0.15, 0.2) is 0 Å². The summed E-state index contributed by atoms with van der Waals surface area (Å²) in [4.78, 5) is 4.68. The number of para-hydroxylation sites is 5. The Bertz CT molecular complexity index is 1470. The molecule has 170 valence electrons. The first-order chi connectivity index (χ1) is 17.3. The largest absolute Gasteiger partial charge is 0.294 e. The summed E-state index contributed by atoms with van der Waals surface area (Å²) in [5.41, 5.74) is 5.92. The van der Waals surface area contributed by atoms with E-state index in [1.54, 1.807) is 0 Å². The highest BCUT2D eigenvalue weighted by Gasteiger charge is 2.32. The van der Waals surface area contributed by atoms with E-state index in [-0.39, 0.29) is 0 Å². The van der Waals surface area contributed by atoms with Crippen LogP contribution in [0.25, 0.3) is 16.3 Å². The molecule has 1 aromatic heterocycles. The van der Waals surface area contributed by atoms with Crippen LogP contribution in [0.3, 0.4) is 0 Å². The van der Waals surface area contributed by atoms with Gasteiger partial charge in [-0.2, -0.15) is 4.57 Å². The molecular formula is C31H26N3S+. The van der Waals surface area contributed by atoms with Crippen molar-refractivity contribution in [3.05, 3.63) is 132 Å². The molecule has 0 saturated heterocycles. The number of thiazole rings is 1. The van der Waals surface area contributed by atoms with E-state index in [1.165, 1.54) is 26.6 Å². The van der Waals surface area contributed by atoms with Crippen molar-refractivity contribution in [1.29, 1.82) is 0 Å². The van der Waals surface area contributed by atoms with Gasteiger partial charge in [0.25, 0.3) is 5.01 Å². The first-order valence-electron chi connectivity index (χ1n) is 11.9. The fourth-order valence-corrected chi connectivity index (χ4v) is 5.89. The molecule has 35 heavy (non-hydrogen) atoms. The molecule has 0 fully saturated rings. The lowest BCUT2D eigenvalue weighted by atomic mass is 10.2. The monoisotopic (exact) mass is 472 g/mol. The molecule has 1 aliphatic heterocycles. The van der Waals surface area contributed by atoms with E-state index < -0.39 is 0 Å². The second-order valence-corrected chi connectivity index (χ2v) is 9.43. The van der Waals surface area contributed by atoms with Crippen molar-refractivity contribution in [2.24, 2.45) is 0 Å². The maximum Gasteiger partial charge on any atom is 0.262 e. The fourth-order valence-electron chi connectivity index (χ4n) is 4.75. The molecule has 0 atom stereocenters. The smallest absolute Gasteiger partial charge is 0.262 e. The van der Waals surface area contributed by atoms with Crippen LogP contribution in [0, 0.1) is 0 Å². The molecule has 0 radical (unpaired) electrons. The highest BCUT2D eigenvalue weighted by molar-refractivity contribution is 7.18. The number of anilines is 4. The Kier molecular flexibility index (Phi) is 5.65. The maximum absolute atomic E-state index is 2.38. The zero-order valence-electron chi connectivity index (χ0n) is 19.6. The molecular weight excluding hydrogens is 446 g/mol. The van der Waals surface area contributed by atoms with Crippen LogP contribution < -0.4 is 14.4 Å². The number of benzene rings is 4. The average molecular weight is 473 g/mol. The van der Waals surface area contributed by atoms with Crippen molar-refractivity contribution < 1.29 is 4.57 Å². The summed E-state index contributed by atoms with van der Waals surface area (Å²) >= 11 is 1.83. The SMILES string of the molecule is CC[n+]1c(/C=C\C=C2N(c3ccccc3)c3ccccc3N2c2ccccc2)sc2ccccc21. The summed E-state index contributed by atoms with van der Waals surface area (Å²) in [7, 11) is 0. The van der Waals surface area contributed by atoms with Gasteiger partial charge < -0.3 is 0 Å². The van der Waals surface area contributed by atoms with Gasteiger partial charge in [0.1, 0.15) is 17.1 Å². The standard InChI is InChI=1S/C31H26N3S/c1-2-32-28-20-11-12-21-29(28)35-31(32)23-13-22-30-33(24-14-5-3-6-15-24)26-18-9-10-19-27(26)34(30)25-16-7-4-8-17-25/h3-23H,2H2,1H3/q+1. The van der Waals surface area contributed by atoms with E-state index in [2.05, 4.69) is 149 Å². The minimum Gasteiger partial charge on any atom is -0.294 e. The number of hydrogen-bond acceptors (Lipinski definition) is 3. The Morgan fingerprint density at radius 1 is 0.686 bits per heavy atom. The maximum atomic E-state index is 2.38. The zero-order chi connectivity index (χ0) is 23.6. The number of allylic oxidation sites excluding steroid dienone is 2. The van der Waals surface area contributed by atoms with Crippen LogP contribution >= 0.6 is 11.3 Å². The topological polar surface area (TPSA) is 10.4 Å². The molecule has 2 heterocycles. The predicted octanol–water partition coefficient (Wildman–Crippen LogP) is 8.05. The molecule has 0 unspecified atom stereocenters. The molecule has 1 aliphatic rings. The molecule has 0 amide bonds. The van der Waals surface area contributed by atoms with Gasteiger partial charge in [0.05, 0.1) is 11.4 Å². The minimum absolute atomic E-state index is 0.942. The van der Waals surface area contributed by atoms with E-state index in [0.717, 1.165) is 23.7 Å².